The van der Waals surface area contributed by atoms with E-state index in [1.54, 1.807) is 13.8 Å². The van der Waals surface area contributed by atoms with Crippen molar-refractivity contribution in [1.82, 2.24) is 4.90 Å². The lowest BCUT2D eigenvalue weighted by Gasteiger charge is -2.36. The Morgan fingerprint density at radius 1 is 1.48 bits per heavy atom. The van der Waals surface area contributed by atoms with Crippen LogP contribution in [0.1, 0.15) is 33.1 Å². The van der Waals surface area contributed by atoms with Gasteiger partial charge in [0.15, 0.2) is 17.6 Å². The van der Waals surface area contributed by atoms with Crippen molar-refractivity contribution in [3.63, 3.8) is 0 Å². The Bertz CT molecular complexity index is 864. The Morgan fingerprint density at radius 2 is 2.23 bits per heavy atom. The van der Waals surface area contributed by atoms with E-state index in [9.17, 15) is 24.1 Å². The fourth-order valence-corrected chi connectivity index (χ4v) is 4.80. The van der Waals surface area contributed by atoms with E-state index in [1.165, 1.54) is 12.3 Å². The summed E-state index contributed by atoms with van der Waals surface area (Å²) in [5.74, 6) is 0.728. The van der Waals surface area contributed by atoms with Crippen molar-refractivity contribution in [2.24, 2.45) is 0 Å². The SMILES string of the molecule is C#C[C@@]1(O)[C@@H]2O[P@@](=O)(OCCCC(=O)OC(C)C)OC[C@H]2O[C@H]1N1C=CC(=O)CC1=O. The highest BCUT2D eigenvalue weighted by Gasteiger charge is 2.63. The quantitative estimate of drug-likeness (QED) is 0.191. The second-order valence-electron chi connectivity index (χ2n) is 7.50. The van der Waals surface area contributed by atoms with Crippen LogP contribution in [0.5, 0.6) is 0 Å². The summed E-state index contributed by atoms with van der Waals surface area (Å²) in [6.45, 7) is 3.04. The lowest BCUT2D eigenvalue weighted by atomic mass is 9.94. The molecule has 0 radical (unpaired) electrons. The molecule has 0 aromatic carbocycles. The fourth-order valence-electron chi connectivity index (χ4n) is 3.34. The molecule has 0 aromatic rings. The Kier molecular flexibility index (Phi) is 7.01. The molecule has 1 amide bonds. The number of ether oxygens (including phenoxy) is 2. The van der Waals surface area contributed by atoms with E-state index in [1.807, 2.05) is 0 Å². The van der Waals surface area contributed by atoms with Gasteiger partial charge in [0.2, 0.25) is 5.91 Å². The van der Waals surface area contributed by atoms with E-state index in [-0.39, 0.29) is 32.2 Å². The van der Waals surface area contributed by atoms with Crippen LogP contribution in [0.3, 0.4) is 0 Å². The predicted octanol–water partition coefficient (Wildman–Crippen LogP) is 0.663. The van der Waals surface area contributed by atoms with Gasteiger partial charge in [0.1, 0.15) is 12.2 Å². The summed E-state index contributed by atoms with van der Waals surface area (Å²) in [5, 5.41) is 11.1. The van der Waals surface area contributed by atoms with Crippen LogP contribution in [0.4, 0.5) is 0 Å². The number of aliphatic hydroxyl groups is 1. The number of ketones is 1. The molecule has 12 heteroatoms. The standard InChI is InChI=1S/C19H24NO10P/c1-4-19(24)17-14(29-18(19)20-8-7-13(21)10-15(20)22)11-27-31(25,30-17)26-9-5-6-16(23)28-12(2)3/h1,7-8,12,14,17-18,24H,5-6,9-11H2,2-3H3/t14-,17-,18-,19-,31+/m1/s1. The van der Waals surface area contributed by atoms with Crippen molar-refractivity contribution in [2.75, 3.05) is 13.2 Å². The summed E-state index contributed by atoms with van der Waals surface area (Å²) in [4.78, 5) is 36.2. The number of nitrogens with zero attached hydrogens (tertiary/aromatic N) is 1. The van der Waals surface area contributed by atoms with Crippen molar-refractivity contribution < 1.29 is 47.1 Å². The lowest BCUT2D eigenvalue weighted by molar-refractivity contribution is -0.152. The molecule has 2 saturated heterocycles. The molecule has 2 fully saturated rings. The zero-order chi connectivity index (χ0) is 22.8. The van der Waals surface area contributed by atoms with Crippen molar-refractivity contribution in [3.8, 4) is 12.3 Å². The molecule has 0 aliphatic carbocycles. The predicted molar refractivity (Wildman–Crippen MR) is 103 cm³/mol. The number of amides is 1. The highest BCUT2D eigenvalue weighted by Crippen LogP contribution is 2.57. The maximum Gasteiger partial charge on any atom is 0.475 e. The van der Waals surface area contributed by atoms with Gasteiger partial charge in [-0.2, -0.15) is 0 Å². The van der Waals surface area contributed by atoms with Crippen LogP contribution in [0.25, 0.3) is 0 Å². The second kappa shape index (κ2) is 9.20. The first kappa shape index (κ1) is 23.6. The van der Waals surface area contributed by atoms with Gasteiger partial charge in [0, 0.05) is 12.6 Å². The molecule has 3 heterocycles. The molecular formula is C19H24NO10P. The number of hydrogen-bond donors (Lipinski definition) is 1. The van der Waals surface area contributed by atoms with E-state index in [4.69, 9.17) is 29.5 Å². The lowest BCUT2D eigenvalue weighted by Crippen LogP contribution is -2.56. The topological polar surface area (TPSA) is 138 Å². The summed E-state index contributed by atoms with van der Waals surface area (Å²) in [6.07, 6.45) is 3.85. The maximum absolute atomic E-state index is 12.8. The molecule has 3 rings (SSSR count). The number of rotatable bonds is 7. The third-order valence-corrected chi connectivity index (χ3v) is 6.20. The van der Waals surface area contributed by atoms with Crippen molar-refractivity contribution in [1.29, 1.82) is 0 Å². The fraction of sp³-hybridized carbons (Fsp3) is 0.632. The van der Waals surface area contributed by atoms with Gasteiger partial charge in [0.05, 0.1) is 25.7 Å². The third-order valence-electron chi connectivity index (χ3n) is 4.75. The van der Waals surface area contributed by atoms with Gasteiger partial charge < -0.3 is 14.6 Å². The van der Waals surface area contributed by atoms with Crippen molar-refractivity contribution in [3.05, 3.63) is 12.3 Å². The molecular weight excluding hydrogens is 433 g/mol. The number of fused-ring (bicyclic) bond motifs is 1. The minimum Gasteiger partial charge on any atom is -0.463 e. The maximum atomic E-state index is 12.8. The molecule has 0 spiro atoms. The Morgan fingerprint density at radius 3 is 2.87 bits per heavy atom. The molecule has 31 heavy (non-hydrogen) atoms. The second-order valence-corrected chi connectivity index (χ2v) is 9.12. The largest absolute Gasteiger partial charge is 0.475 e. The van der Waals surface area contributed by atoms with Crippen LogP contribution in [-0.4, -0.2) is 71.0 Å². The number of carbonyl (C=O) groups is 3. The number of phosphoric ester groups is 1. The van der Waals surface area contributed by atoms with Gasteiger partial charge in [-0.25, -0.2) is 4.57 Å². The summed E-state index contributed by atoms with van der Waals surface area (Å²) < 4.78 is 39.3. The van der Waals surface area contributed by atoms with E-state index in [0.717, 1.165) is 4.90 Å². The van der Waals surface area contributed by atoms with E-state index < -0.39 is 55.9 Å². The average molecular weight is 457 g/mol. The number of allylic oxidation sites excluding steroid dienone is 1. The number of esters is 1. The summed E-state index contributed by atoms with van der Waals surface area (Å²) >= 11 is 0. The first-order valence-electron chi connectivity index (χ1n) is 9.73. The highest BCUT2D eigenvalue weighted by molar-refractivity contribution is 7.48. The highest BCUT2D eigenvalue weighted by atomic mass is 31.2. The molecule has 0 aromatic heterocycles. The molecule has 170 valence electrons. The summed E-state index contributed by atoms with van der Waals surface area (Å²) in [7, 11) is -4.12. The average Bonchev–Trinajstić information content (AvgIpc) is 2.97. The molecule has 0 saturated carbocycles. The van der Waals surface area contributed by atoms with Gasteiger partial charge in [-0.1, -0.05) is 5.92 Å². The van der Waals surface area contributed by atoms with Crippen LogP contribution in [0.15, 0.2) is 12.3 Å². The van der Waals surface area contributed by atoms with Gasteiger partial charge in [-0.3, -0.25) is 32.9 Å². The van der Waals surface area contributed by atoms with Gasteiger partial charge >= 0.3 is 13.8 Å². The van der Waals surface area contributed by atoms with E-state index in [0.29, 0.717) is 0 Å². The molecule has 0 bridgehead atoms. The van der Waals surface area contributed by atoms with Crippen LogP contribution in [0.2, 0.25) is 0 Å². The van der Waals surface area contributed by atoms with Gasteiger partial charge in [-0.05, 0) is 26.3 Å². The number of carbonyl (C=O) groups excluding carboxylic acids is 3. The van der Waals surface area contributed by atoms with Gasteiger partial charge in [0.25, 0.3) is 0 Å². The molecule has 5 atom stereocenters. The molecule has 1 N–H and O–H groups in total. The summed E-state index contributed by atoms with van der Waals surface area (Å²) in [6, 6.07) is 0. The zero-order valence-electron chi connectivity index (χ0n) is 17.1. The number of hydrogen-bond acceptors (Lipinski definition) is 10. The van der Waals surface area contributed by atoms with Gasteiger partial charge in [-0.15, -0.1) is 6.42 Å². The van der Waals surface area contributed by atoms with Crippen LogP contribution in [0, 0.1) is 12.3 Å². The van der Waals surface area contributed by atoms with Crippen molar-refractivity contribution in [2.45, 2.75) is 63.3 Å². The Hall–Kier alpha value is -2.06. The van der Waals surface area contributed by atoms with Crippen LogP contribution >= 0.6 is 7.82 Å². The first-order valence-corrected chi connectivity index (χ1v) is 11.2. The molecule has 0 unspecified atom stereocenters. The molecule has 11 nitrogen and oxygen atoms in total. The van der Waals surface area contributed by atoms with E-state index in [2.05, 4.69) is 5.92 Å². The molecule has 3 aliphatic heterocycles. The third kappa shape index (κ3) is 5.06. The van der Waals surface area contributed by atoms with E-state index >= 15 is 0 Å². The first-order chi connectivity index (χ1) is 14.6. The zero-order valence-corrected chi connectivity index (χ0v) is 18.0. The van der Waals surface area contributed by atoms with Crippen LogP contribution in [-0.2, 0) is 42.0 Å². The minimum atomic E-state index is -4.12. The Labute approximate surface area is 179 Å². The monoisotopic (exact) mass is 457 g/mol. The van der Waals surface area contributed by atoms with Crippen molar-refractivity contribution >= 4 is 25.5 Å². The molecule has 3 aliphatic rings. The minimum absolute atomic E-state index is 0.0475. The Balaban J connectivity index is 1.64. The smallest absolute Gasteiger partial charge is 0.463 e. The normalized spacial score (nSPS) is 35.2. The number of terminal acetylenes is 1. The number of phosphoric acid groups is 1. The van der Waals surface area contributed by atoms with Crippen LogP contribution < -0.4 is 0 Å². The summed E-state index contributed by atoms with van der Waals surface area (Å²) in [5.41, 5.74) is -2.17.